The highest BCUT2D eigenvalue weighted by Gasteiger charge is 2.10. The number of rotatable bonds is 4. The summed E-state index contributed by atoms with van der Waals surface area (Å²) in [5.41, 5.74) is 6.95. The van der Waals surface area contributed by atoms with Crippen LogP contribution in [0.15, 0.2) is 47.1 Å². The molecule has 20 heavy (non-hydrogen) atoms. The number of aromatic nitrogens is 1. The first-order chi connectivity index (χ1) is 9.56. The average Bonchev–Trinajstić information content (AvgIpc) is 2.43. The predicted molar refractivity (Wildman–Crippen MR) is 91.2 cm³/mol. The van der Waals surface area contributed by atoms with Gasteiger partial charge < -0.3 is 10.6 Å². The van der Waals surface area contributed by atoms with Crippen LogP contribution in [0, 0.1) is 0 Å². The first-order valence-corrected chi connectivity index (χ1v) is 7.57. The minimum atomic E-state index is 0.314. The topological polar surface area (TPSA) is 42.1 Å². The van der Waals surface area contributed by atoms with Gasteiger partial charge in [0.1, 0.15) is 5.82 Å². The van der Waals surface area contributed by atoms with Crippen LogP contribution in [-0.2, 0) is 6.42 Å². The number of pyridine rings is 1. The minimum absolute atomic E-state index is 0.314. The number of thiocarbonyl (C=S) groups is 1. The molecule has 1 aromatic carbocycles. The van der Waals surface area contributed by atoms with Crippen molar-refractivity contribution in [3.63, 3.8) is 0 Å². The molecule has 0 amide bonds. The summed E-state index contributed by atoms with van der Waals surface area (Å²) in [6.07, 6.45) is 2.54. The van der Waals surface area contributed by atoms with Crippen LogP contribution in [0.3, 0.4) is 0 Å². The maximum Gasteiger partial charge on any atom is 0.171 e. The molecule has 0 fully saturated rings. The minimum Gasteiger partial charge on any atom is -0.376 e. The highest BCUT2D eigenvalue weighted by molar-refractivity contribution is 9.10. The second kappa shape index (κ2) is 7.02. The summed E-state index contributed by atoms with van der Waals surface area (Å²) in [5, 5.41) is 1.04. The molecule has 104 valence electrons. The molecule has 1 heterocycles. The van der Waals surface area contributed by atoms with E-state index < -0.39 is 0 Å². The summed E-state index contributed by atoms with van der Waals surface area (Å²) in [6.45, 7) is 0.672. The Labute approximate surface area is 136 Å². The maximum absolute atomic E-state index is 5.87. The summed E-state index contributed by atoms with van der Waals surface area (Å²) in [5.74, 6) is 0.745. The van der Waals surface area contributed by atoms with Crippen LogP contribution < -0.4 is 10.6 Å². The van der Waals surface area contributed by atoms with Gasteiger partial charge in [0.15, 0.2) is 5.11 Å². The number of nitrogens with zero attached hydrogens (tertiary/aromatic N) is 2. The molecule has 3 nitrogen and oxygen atoms in total. The molecule has 0 aliphatic carbocycles. The number of nitrogens with two attached hydrogens (primary N) is 1. The standard InChI is InChI=1S/C14H13BrClN3S/c15-11-3-6-13(18-9-11)19(14(17)20)8-7-10-1-4-12(16)5-2-10/h1-6,9H,7-8H2,(H2,17,20). The van der Waals surface area contributed by atoms with Gasteiger partial charge in [0.2, 0.25) is 0 Å². The lowest BCUT2D eigenvalue weighted by Crippen LogP contribution is -2.37. The summed E-state index contributed by atoms with van der Waals surface area (Å²) in [4.78, 5) is 6.13. The molecule has 0 unspecified atom stereocenters. The fourth-order valence-corrected chi connectivity index (χ4v) is 2.30. The van der Waals surface area contributed by atoms with Crippen LogP contribution in [0.25, 0.3) is 0 Å². The highest BCUT2D eigenvalue weighted by Crippen LogP contribution is 2.16. The Bertz CT molecular complexity index is 586. The molecule has 0 aliphatic rings. The van der Waals surface area contributed by atoms with Gasteiger partial charge in [0, 0.05) is 22.2 Å². The zero-order valence-electron chi connectivity index (χ0n) is 10.6. The van der Waals surface area contributed by atoms with Crippen LogP contribution in [0.2, 0.25) is 5.02 Å². The monoisotopic (exact) mass is 369 g/mol. The van der Waals surface area contributed by atoms with Crippen LogP contribution in [0.5, 0.6) is 0 Å². The van der Waals surface area contributed by atoms with Gasteiger partial charge in [-0.15, -0.1) is 0 Å². The van der Waals surface area contributed by atoms with Crippen LogP contribution >= 0.6 is 39.7 Å². The Kier molecular flexibility index (Phi) is 5.34. The van der Waals surface area contributed by atoms with Crippen molar-refractivity contribution in [1.82, 2.24) is 4.98 Å². The first kappa shape index (κ1) is 15.2. The Morgan fingerprint density at radius 1 is 1.25 bits per heavy atom. The van der Waals surface area contributed by atoms with E-state index in [1.165, 1.54) is 5.56 Å². The fraction of sp³-hybridized carbons (Fsp3) is 0.143. The zero-order valence-corrected chi connectivity index (χ0v) is 13.8. The maximum atomic E-state index is 5.87. The SMILES string of the molecule is NC(=S)N(CCc1ccc(Cl)cc1)c1ccc(Br)cn1. The third-order valence-corrected chi connectivity index (χ3v) is 3.73. The largest absolute Gasteiger partial charge is 0.376 e. The van der Waals surface area contributed by atoms with E-state index in [0.29, 0.717) is 11.7 Å². The van der Waals surface area contributed by atoms with Gasteiger partial charge in [-0.2, -0.15) is 0 Å². The molecule has 2 aromatic rings. The van der Waals surface area contributed by atoms with Crippen LogP contribution in [0.1, 0.15) is 5.56 Å². The molecule has 0 atom stereocenters. The third-order valence-electron chi connectivity index (χ3n) is 2.79. The summed E-state index contributed by atoms with van der Waals surface area (Å²) >= 11 is 14.3. The Balaban J connectivity index is 2.08. The second-order valence-electron chi connectivity index (χ2n) is 4.20. The molecular formula is C14H13BrClN3S. The van der Waals surface area contributed by atoms with E-state index in [9.17, 15) is 0 Å². The first-order valence-electron chi connectivity index (χ1n) is 5.99. The van der Waals surface area contributed by atoms with Gasteiger partial charge in [-0.3, -0.25) is 0 Å². The Morgan fingerprint density at radius 2 is 1.95 bits per heavy atom. The van der Waals surface area contributed by atoms with Gasteiger partial charge in [-0.25, -0.2) is 4.98 Å². The fourth-order valence-electron chi connectivity index (χ4n) is 1.76. The molecule has 0 spiro atoms. The molecule has 2 rings (SSSR count). The van der Waals surface area contributed by atoms with Crippen molar-refractivity contribution < 1.29 is 0 Å². The van der Waals surface area contributed by atoms with E-state index in [-0.39, 0.29) is 0 Å². The van der Waals surface area contributed by atoms with E-state index in [1.807, 2.05) is 41.3 Å². The van der Waals surface area contributed by atoms with Crippen LogP contribution in [-0.4, -0.2) is 16.6 Å². The third kappa shape index (κ3) is 4.16. The molecule has 0 saturated heterocycles. The summed E-state index contributed by atoms with van der Waals surface area (Å²) in [7, 11) is 0. The van der Waals surface area contributed by atoms with Gasteiger partial charge in [0.25, 0.3) is 0 Å². The number of hydrogen-bond donors (Lipinski definition) is 1. The smallest absolute Gasteiger partial charge is 0.171 e. The van der Waals surface area contributed by atoms with Crippen molar-refractivity contribution in [2.24, 2.45) is 5.73 Å². The van der Waals surface area contributed by atoms with E-state index in [4.69, 9.17) is 29.6 Å². The molecule has 2 N–H and O–H groups in total. The lowest BCUT2D eigenvalue weighted by molar-refractivity contribution is 0.918. The van der Waals surface area contributed by atoms with Gasteiger partial charge in [0.05, 0.1) is 0 Å². The van der Waals surface area contributed by atoms with E-state index in [0.717, 1.165) is 21.7 Å². The molecule has 0 radical (unpaired) electrons. The quantitative estimate of drug-likeness (QED) is 0.832. The molecule has 0 saturated carbocycles. The van der Waals surface area contributed by atoms with E-state index >= 15 is 0 Å². The Hall–Kier alpha value is -1.17. The number of halogens is 2. The molecule has 0 bridgehead atoms. The lowest BCUT2D eigenvalue weighted by atomic mass is 10.1. The average molecular weight is 371 g/mol. The van der Waals surface area contributed by atoms with Crippen molar-refractivity contribution in [3.8, 4) is 0 Å². The lowest BCUT2D eigenvalue weighted by Gasteiger charge is -2.21. The van der Waals surface area contributed by atoms with Crippen LogP contribution in [0.4, 0.5) is 5.82 Å². The Morgan fingerprint density at radius 3 is 2.50 bits per heavy atom. The van der Waals surface area contributed by atoms with Gasteiger partial charge in [-0.1, -0.05) is 23.7 Å². The number of benzene rings is 1. The summed E-state index contributed by atoms with van der Waals surface area (Å²) in [6, 6.07) is 11.5. The zero-order chi connectivity index (χ0) is 14.5. The summed E-state index contributed by atoms with van der Waals surface area (Å²) < 4.78 is 0.918. The second-order valence-corrected chi connectivity index (χ2v) is 5.97. The molecule has 6 heteroatoms. The molecule has 1 aromatic heterocycles. The number of anilines is 1. The highest BCUT2D eigenvalue weighted by atomic mass is 79.9. The van der Waals surface area contributed by atoms with Gasteiger partial charge in [-0.05, 0) is 64.4 Å². The predicted octanol–water partition coefficient (Wildman–Crippen LogP) is 3.79. The number of hydrogen-bond acceptors (Lipinski definition) is 2. The van der Waals surface area contributed by atoms with Gasteiger partial charge >= 0.3 is 0 Å². The van der Waals surface area contributed by atoms with E-state index in [2.05, 4.69) is 20.9 Å². The van der Waals surface area contributed by atoms with Crippen molar-refractivity contribution >= 4 is 50.7 Å². The van der Waals surface area contributed by atoms with Crippen molar-refractivity contribution in [1.29, 1.82) is 0 Å². The van der Waals surface area contributed by atoms with Crippen molar-refractivity contribution in [3.05, 3.63) is 57.7 Å². The van der Waals surface area contributed by atoms with E-state index in [1.54, 1.807) is 6.20 Å². The molecule has 0 aliphatic heterocycles. The van der Waals surface area contributed by atoms with Crippen molar-refractivity contribution in [2.45, 2.75) is 6.42 Å². The molecular weight excluding hydrogens is 358 g/mol. The van der Waals surface area contributed by atoms with Crippen molar-refractivity contribution in [2.75, 3.05) is 11.4 Å². The normalized spacial score (nSPS) is 10.3.